The van der Waals surface area contributed by atoms with Gasteiger partial charge in [0.05, 0.1) is 6.61 Å². The lowest BCUT2D eigenvalue weighted by atomic mass is 9.90. The third-order valence-corrected chi connectivity index (χ3v) is 3.60. The lowest BCUT2D eigenvalue weighted by Gasteiger charge is -2.29. The predicted molar refractivity (Wildman–Crippen MR) is 65.1 cm³/mol. The maximum atomic E-state index is 11.2. The van der Waals surface area contributed by atoms with Crippen molar-refractivity contribution in [3.63, 3.8) is 0 Å². The molecule has 17 heavy (non-hydrogen) atoms. The number of aliphatic carboxylic acids is 1. The molecule has 100 valence electrons. The van der Waals surface area contributed by atoms with Crippen molar-refractivity contribution in [3.05, 3.63) is 0 Å². The van der Waals surface area contributed by atoms with Crippen LogP contribution in [0.5, 0.6) is 0 Å². The second kappa shape index (κ2) is 6.97. The van der Waals surface area contributed by atoms with E-state index in [0.717, 1.165) is 0 Å². The first-order chi connectivity index (χ1) is 8.08. The van der Waals surface area contributed by atoms with Crippen LogP contribution in [-0.4, -0.2) is 37.0 Å². The third-order valence-electron chi connectivity index (χ3n) is 3.60. The number of methoxy groups -OCH3 is 1. The topological polar surface area (TPSA) is 55.8 Å². The molecular weight excluding hydrogens is 220 g/mol. The van der Waals surface area contributed by atoms with Gasteiger partial charge in [0.25, 0.3) is 0 Å². The molecule has 4 heteroatoms. The molecule has 1 aliphatic carbocycles. The maximum absolute atomic E-state index is 11.2. The summed E-state index contributed by atoms with van der Waals surface area (Å²) in [5.41, 5.74) is -1.10. The number of carbonyl (C=O) groups is 1. The Balaban J connectivity index is 2.39. The highest BCUT2D eigenvalue weighted by molar-refractivity contribution is 5.76. The molecule has 4 nitrogen and oxygen atoms in total. The molecule has 0 bridgehead atoms. The highest BCUT2D eigenvalue weighted by atomic mass is 16.5. The Hall–Kier alpha value is -0.610. The smallest absolute Gasteiger partial charge is 0.335 e. The zero-order valence-electron chi connectivity index (χ0n) is 10.9. The molecule has 0 radical (unpaired) electrons. The van der Waals surface area contributed by atoms with E-state index in [1.165, 1.54) is 32.1 Å². The van der Waals surface area contributed by atoms with Gasteiger partial charge in [0, 0.05) is 20.1 Å². The molecule has 1 atom stereocenters. The van der Waals surface area contributed by atoms with Gasteiger partial charge in [-0.05, 0) is 25.7 Å². The van der Waals surface area contributed by atoms with E-state index >= 15 is 0 Å². The lowest BCUT2D eigenvalue weighted by Crippen LogP contribution is -2.41. The van der Waals surface area contributed by atoms with Gasteiger partial charge in [-0.25, -0.2) is 4.79 Å². The van der Waals surface area contributed by atoms with Gasteiger partial charge in [0.15, 0.2) is 5.60 Å². The standard InChI is InChI=1S/C13H24O4/c1-13(12(14)15,8-9-16-2)17-10-11-6-4-3-5-7-11/h11H,3-10H2,1-2H3,(H,14,15). The van der Waals surface area contributed by atoms with Gasteiger partial charge in [-0.3, -0.25) is 0 Å². The van der Waals surface area contributed by atoms with Crippen LogP contribution < -0.4 is 0 Å². The predicted octanol–water partition coefficient (Wildman–Crippen LogP) is 2.46. The van der Waals surface area contributed by atoms with Crippen molar-refractivity contribution in [1.82, 2.24) is 0 Å². The van der Waals surface area contributed by atoms with E-state index in [-0.39, 0.29) is 0 Å². The first-order valence-corrected chi connectivity index (χ1v) is 6.45. The van der Waals surface area contributed by atoms with Crippen molar-refractivity contribution >= 4 is 5.97 Å². The van der Waals surface area contributed by atoms with Crippen molar-refractivity contribution in [2.75, 3.05) is 20.3 Å². The molecule has 0 heterocycles. The zero-order valence-corrected chi connectivity index (χ0v) is 10.9. The molecule has 1 N–H and O–H groups in total. The minimum absolute atomic E-state index is 0.394. The molecule has 1 saturated carbocycles. The van der Waals surface area contributed by atoms with Crippen LogP contribution in [0.4, 0.5) is 0 Å². The third kappa shape index (κ3) is 4.64. The fourth-order valence-corrected chi connectivity index (χ4v) is 2.19. The molecule has 0 saturated heterocycles. The van der Waals surface area contributed by atoms with E-state index in [1.54, 1.807) is 14.0 Å². The Bertz CT molecular complexity index is 236. The summed E-state index contributed by atoms with van der Waals surface area (Å²) in [5, 5.41) is 9.21. The molecule has 0 aromatic rings. The minimum Gasteiger partial charge on any atom is -0.479 e. The van der Waals surface area contributed by atoms with Gasteiger partial charge in [-0.2, -0.15) is 0 Å². The number of rotatable bonds is 7. The van der Waals surface area contributed by atoms with Crippen molar-refractivity contribution < 1.29 is 19.4 Å². The fraction of sp³-hybridized carbons (Fsp3) is 0.923. The first-order valence-electron chi connectivity index (χ1n) is 6.45. The molecule has 1 aliphatic rings. The Kier molecular flexibility index (Phi) is 5.92. The van der Waals surface area contributed by atoms with Gasteiger partial charge in [0.2, 0.25) is 0 Å². The minimum atomic E-state index is -1.10. The second-order valence-electron chi connectivity index (χ2n) is 5.09. The largest absolute Gasteiger partial charge is 0.479 e. The summed E-state index contributed by atoms with van der Waals surface area (Å²) in [7, 11) is 1.57. The van der Waals surface area contributed by atoms with Crippen LogP contribution >= 0.6 is 0 Å². The Morgan fingerprint density at radius 3 is 2.53 bits per heavy atom. The highest BCUT2D eigenvalue weighted by Gasteiger charge is 2.34. The molecule has 1 unspecified atom stereocenters. The normalized spacial score (nSPS) is 21.1. The zero-order chi connectivity index (χ0) is 12.7. The van der Waals surface area contributed by atoms with Gasteiger partial charge >= 0.3 is 5.97 Å². The summed E-state index contributed by atoms with van der Waals surface area (Å²) in [6.45, 7) is 2.61. The molecular formula is C13H24O4. The van der Waals surface area contributed by atoms with Gasteiger partial charge in [0.1, 0.15) is 0 Å². The summed E-state index contributed by atoms with van der Waals surface area (Å²) in [6.07, 6.45) is 6.52. The Morgan fingerprint density at radius 1 is 1.35 bits per heavy atom. The molecule has 0 amide bonds. The van der Waals surface area contributed by atoms with E-state index < -0.39 is 11.6 Å². The summed E-state index contributed by atoms with van der Waals surface area (Å²) in [5.74, 6) is -0.365. The van der Waals surface area contributed by atoms with Crippen LogP contribution in [0.25, 0.3) is 0 Å². The van der Waals surface area contributed by atoms with Crippen molar-refractivity contribution in [2.24, 2.45) is 5.92 Å². The number of carboxylic acid groups (broad SMARTS) is 1. The average molecular weight is 244 g/mol. The van der Waals surface area contributed by atoms with Crippen LogP contribution in [0.15, 0.2) is 0 Å². The number of ether oxygens (including phenoxy) is 2. The second-order valence-corrected chi connectivity index (χ2v) is 5.09. The van der Waals surface area contributed by atoms with Crippen molar-refractivity contribution in [3.8, 4) is 0 Å². The van der Waals surface area contributed by atoms with E-state index in [9.17, 15) is 9.90 Å². The summed E-state index contributed by atoms with van der Waals surface area (Å²) < 4.78 is 10.6. The van der Waals surface area contributed by atoms with Gasteiger partial charge in [-0.1, -0.05) is 19.3 Å². The first kappa shape index (κ1) is 14.5. The molecule has 1 rings (SSSR count). The van der Waals surface area contributed by atoms with Gasteiger partial charge in [-0.15, -0.1) is 0 Å². The molecule has 0 aliphatic heterocycles. The Morgan fingerprint density at radius 2 is 2.00 bits per heavy atom. The summed E-state index contributed by atoms with van der Waals surface area (Å²) in [4.78, 5) is 11.2. The number of carboxylic acids is 1. The van der Waals surface area contributed by atoms with E-state index in [4.69, 9.17) is 9.47 Å². The van der Waals surface area contributed by atoms with Gasteiger partial charge < -0.3 is 14.6 Å². The number of hydrogen-bond donors (Lipinski definition) is 1. The maximum Gasteiger partial charge on any atom is 0.335 e. The molecule has 0 aromatic heterocycles. The summed E-state index contributed by atoms with van der Waals surface area (Å²) >= 11 is 0. The van der Waals surface area contributed by atoms with Crippen LogP contribution in [0, 0.1) is 5.92 Å². The molecule has 0 aromatic carbocycles. The average Bonchev–Trinajstić information content (AvgIpc) is 2.35. The monoisotopic (exact) mass is 244 g/mol. The van der Waals surface area contributed by atoms with Crippen LogP contribution in [0.1, 0.15) is 45.4 Å². The number of hydrogen-bond acceptors (Lipinski definition) is 3. The van der Waals surface area contributed by atoms with Crippen molar-refractivity contribution in [2.45, 2.75) is 51.0 Å². The van der Waals surface area contributed by atoms with E-state index in [0.29, 0.717) is 25.6 Å². The van der Waals surface area contributed by atoms with Crippen LogP contribution in [-0.2, 0) is 14.3 Å². The van der Waals surface area contributed by atoms with Crippen LogP contribution in [0.3, 0.4) is 0 Å². The van der Waals surface area contributed by atoms with E-state index in [1.807, 2.05) is 0 Å². The fourth-order valence-electron chi connectivity index (χ4n) is 2.19. The van der Waals surface area contributed by atoms with E-state index in [2.05, 4.69) is 0 Å². The van der Waals surface area contributed by atoms with Crippen molar-refractivity contribution in [1.29, 1.82) is 0 Å². The summed E-state index contributed by atoms with van der Waals surface area (Å²) in [6, 6.07) is 0. The lowest BCUT2D eigenvalue weighted by molar-refractivity contribution is -0.168. The quantitative estimate of drug-likeness (QED) is 0.747. The highest BCUT2D eigenvalue weighted by Crippen LogP contribution is 2.26. The Labute approximate surface area is 103 Å². The molecule has 1 fully saturated rings. The SMILES string of the molecule is COCCC(C)(OCC1CCCCC1)C(=O)O. The molecule has 0 spiro atoms. The van der Waals surface area contributed by atoms with Crippen LogP contribution in [0.2, 0.25) is 0 Å².